The van der Waals surface area contributed by atoms with E-state index in [1.807, 2.05) is 44.2 Å². The van der Waals surface area contributed by atoms with E-state index in [2.05, 4.69) is 16.0 Å². The number of amides is 1. The van der Waals surface area contributed by atoms with Gasteiger partial charge in [0.1, 0.15) is 6.17 Å². The molecule has 0 aromatic heterocycles. The number of hydrogen-bond acceptors (Lipinski definition) is 2. The van der Waals surface area contributed by atoms with Crippen LogP contribution in [0.25, 0.3) is 0 Å². The van der Waals surface area contributed by atoms with E-state index in [-0.39, 0.29) is 11.0 Å². The first-order chi connectivity index (χ1) is 12.1. The van der Waals surface area contributed by atoms with Gasteiger partial charge in [0.05, 0.1) is 0 Å². The summed E-state index contributed by atoms with van der Waals surface area (Å²) in [6.07, 6.45) is -1.02. The summed E-state index contributed by atoms with van der Waals surface area (Å²) in [5, 5.41) is 8.69. The van der Waals surface area contributed by atoms with E-state index in [0.717, 1.165) is 16.8 Å². The number of halogens is 3. The van der Waals surface area contributed by atoms with Gasteiger partial charge in [0.25, 0.3) is 5.91 Å². The fourth-order valence-corrected chi connectivity index (χ4v) is 2.70. The normalized spacial score (nSPS) is 12.2. The highest BCUT2D eigenvalue weighted by molar-refractivity contribution is 7.80. The molecule has 2 rings (SSSR count). The number of nitrogens with one attached hydrogen (secondary N) is 3. The smallest absolute Gasteiger partial charge is 0.252 e. The zero-order valence-electron chi connectivity index (χ0n) is 14.1. The van der Waals surface area contributed by atoms with Crippen LogP contribution in [0.15, 0.2) is 48.5 Å². The van der Waals surface area contributed by atoms with Gasteiger partial charge in [-0.15, -0.1) is 0 Å². The van der Waals surface area contributed by atoms with Gasteiger partial charge in [0.2, 0.25) is 3.79 Å². The number of alkyl halides is 3. The van der Waals surface area contributed by atoms with Crippen molar-refractivity contribution in [3.63, 3.8) is 0 Å². The largest absolute Gasteiger partial charge is 0.339 e. The minimum atomic E-state index is -1.81. The van der Waals surface area contributed by atoms with Crippen LogP contribution in [-0.2, 0) is 0 Å². The van der Waals surface area contributed by atoms with Crippen molar-refractivity contribution in [2.75, 3.05) is 5.32 Å². The van der Waals surface area contributed by atoms with Gasteiger partial charge in [-0.1, -0.05) is 70.2 Å². The number of carbonyl (C=O) groups excluding carboxylic acids is 1. The lowest BCUT2D eigenvalue weighted by atomic mass is 10.1. The standard InChI is InChI=1S/C18H18Cl3N3OS/c1-11-6-8-14(9-7-11)22-17(26)24-16(18(19,20)21)23-15(25)13-5-3-4-12(2)10-13/h3-10,16H,1-2H3,(H,23,25)(H2,22,24,26)/t16-/m1/s1. The van der Waals surface area contributed by atoms with Crippen LogP contribution in [0.2, 0.25) is 0 Å². The summed E-state index contributed by atoms with van der Waals surface area (Å²) in [5.41, 5.74) is 3.32. The zero-order valence-corrected chi connectivity index (χ0v) is 17.2. The van der Waals surface area contributed by atoms with Gasteiger partial charge in [-0.25, -0.2) is 0 Å². The molecule has 0 unspecified atom stereocenters. The third kappa shape index (κ3) is 6.32. The maximum Gasteiger partial charge on any atom is 0.252 e. The van der Waals surface area contributed by atoms with E-state index in [1.54, 1.807) is 18.2 Å². The van der Waals surface area contributed by atoms with Crippen LogP contribution < -0.4 is 16.0 Å². The summed E-state index contributed by atoms with van der Waals surface area (Å²) < 4.78 is -1.81. The lowest BCUT2D eigenvalue weighted by molar-refractivity contribution is 0.0934. The summed E-state index contributed by atoms with van der Waals surface area (Å²) >= 11 is 23.2. The van der Waals surface area contributed by atoms with E-state index in [4.69, 9.17) is 47.0 Å². The molecule has 0 bridgehead atoms. The van der Waals surface area contributed by atoms with E-state index in [9.17, 15) is 4.79 Å². The van der Waals surface area contributed by atoms with Crippen LogP contribution in [0.4, 0.5) is 5.69 Å². The predicted octanol–water partition coefficient (Wildman–Crippen LogP) is 4.72. The van der Waals surface area contributed by atoms with Crippen molar-refractivity contribution in [3.8, 4) is 0 Å². The Bertz CT molecular complexity index is 791. The Morgan fingerprint density at radius 1 is 1.00 bits per heavy atom. The number of aryl methyl sites for hydroxylation is 2. The van der Waals surface area contributed by atoms with Crippen LogP contribution in [0.1, 0.15) is 21.5 Å². The second kappa shape index (κ2) is 8.91. The minimum absolute atomic E-state index is 0.217. The molecule has 0 fully saturated rings. The van der Waals surface area contributed by atoms with Gasteiger partial charge in [-0.3, -0.25) is 4.79 Å². The molecule has 0 heterocycles. The molecule has 0 aliphatic heterocycles. The first-order valence-corrected chi connectivity index (χ1v) is 9.28. The second-order valence-electron chi connectivity index (χ2n) is 5.78. The molecular weight excluding hydrogens is 413 g/mol. The van der Waals surface area contributed by atoms with Crippen molar-refractivity contribution >= 4 is 63.7 Å². The molecule has 0 spiro atoms. The third-order valence-electron chi connectivity index (χ3n) is 3.47. The van der Waals surface area contributed by atoms with Gasteiger partial charge >= 0.3 is 0 Å². The highest BCUT2D eigenvalue weighted by Gasteiger charge is 2.34. The third-order valence-corrected chi connectivity index (χ3v) is 4.34. The molecule has 0 radical (unpaired) electrons. The molecule has 8 heteroatoms. The average Bonchev–Trinajstić information content (AvgIpc) is 2.55. The molecule has 2 aromatic carbocycles. The Morgan fingerprint density at radius 2 is 1.65 bits per heavy atom. The molecular formula is C18H18Cl3N3OS. The quantitative estimate of drug-likeness (QED) is 0.373. The molecule has 4 nitrogen and oxygen atoms in total. The Kier molecular flexibility index (Phi) is 7.12. The van der Waals surface area contributed by atoms with Gasteiger partial charge < -0.3 is 16.0 Å². The zero-order chi connectivity index (χ0) is 19.3. The van der Waals surface area contributed by atoms with E-state index < -0.39 is 9.96 Å². The number of benzene rings is 2. The highest BCUT2D eigenvalue weighted by Crippen LogP contribution is 2.29. The molecule has 1 amide bonds. The van der Waals surface area contributed by atoms with Crippen molar-refractivity contribution in [2.45, 2.75) is 23.8 Å². The predicted molar refractivity (Wildman–Crippen MR) is 113 cm³/mol. The fourth-order valence-electron chi connectivity index (χ4n) is 2.14. The second-order valence-corrected chi connectivity index (χ2v) is 8.56. The molecule has 0 saturated carbocycles. The van der Waals surface area contributed by atoms with E-state index in [0.29, 0.717) is 5.56 Å². The monoisotopic (exact) mass is 429 g/mol. The summed E-state index contributed by atoms with van der Waals surface area (Å²) in [6, 6.07) is 14.7. The number of thiocarbonyl (C=S) groups is 1. The Balaban J connectivity index is 2.06. The molecule has 3 N–H and O–H groups in total. The van der Waals surface area contributed by atoms with Crippen molar-refractivity contribution in [1.82, 2.24) is 10.6 Å². The van der Waals surface area contributed by atoms with Crippen LogP contribution in [-0.4, -0.2) is 21.0 Å². The van der Waals surface area contributed by atoms with Crippen LogP contribution >= 0.6 is 47.0 Å². The Labute approximate surface area is 173 Å². The fraction of sp³-hybridized carbons (Fsp3) is 0.222. The highest BCUT2D eigenvalue weighted by atomic mass is 35.6. The molecule has 0 saturated heterocycles. The molecule has 0 aliphatic carbocycles. The summed E-state index contributed by atoms with van der Waals surface area (Å²) in [5.74, 6) is -0.379. The van der Waals surface area contributed by atoms with E-state index >= 15 is 0 Å². The topological polar surface area (TPSA) is 53.2 Å². The minimum Gasteiger partial charge on any atom is -0.339 e. The lowest BCUT2D eigenvalue weighted by Crippen LogP contribution is -2.56. The van der Waals surface area contributed by atoms with E-state index in [1.165, 1.54) is 0 Å². The number of anilines is 1. The van der Waals surface area contributed by atoms with Crippen molar-refractivity contribution in [2.24, 2.45) is 0 Å². The van der Waals surface area contributed by atoms with Crippen LogP contribution in [0, 0.1) is 13.8 Å². The molecule has 138 valence electrons. The summed E-state index contributed by atoms with van der Waals surface area (Å²) in [4.78, 5) is 12.4. The molecule has 0 aliphatic rings. The Morgan fingerprint density at radius 3 is 2.23 bits per heavy atom. The van der Waals surface area contributed by atoms with Crippen molar-refractivity contribution < 1.29 is 4.79 Å². The van der Waals surface area contributed by atoms with Crippen molar-refractivity contribution in [3.05, 3.63) is 65.2 Å². The number of carbonyl (C=O) groups is 1. The average molecular weight is 431 g/mol. The number of rotatable bonds is 4. The van der Waals surface area contributed by atoms with Gasteiger partial charge in [0.15, 0.2) is 5.11 Å². The maximum absolute atomic E-state index is 12.4. The van der Waals surface area contributed by atoms with Crippen LogP contribution in [0.5, 0.6) is 0 Å². The first-order valence-electron chi connectivity index (χ1n) is 7.73. The van der Waals surface area contributed by atoms with Gasteiger partial charge in [0, 0.05) is 11.3 Å². The van der Waals surface area contributed by atoms with Gasteiger partial charge in [-0.2, -0.15) is 0 Å². The Hall–Kier alpha value is -1.53. The number of hydrogen-bond donors (Lipinski definition) is 3. The molecule has 1 atom stereocenters. The van der Waals surface area contributed by atoms with Gasteiger partial charge in [-0.05, 0) is 50.3 Å². The maximum atomic E-state index is 12.4. The summed E-state index contributed by atoms with van der Waals surface area (Å²) in [6.45, 7) is 3.88. The molecule has 2 aromatic rings. The summed E-state index contributed by atoms with van der Waals surface area (Å²) in [7, 11) is 0. The lowest BCUT2D eigenvalue weighted by Gasteiger charge is -2.27. The van der Waals surface area contributed by atoms with Crippen LogP contribution in [0.3, 0.4) is 0 Å². The first kappa shape index (κ1) is 20.8. The van der Waals surface area contributed by atoms with Crippen molar-refractivity contribution in [1.29, 1.82) is 0 Å². The molecule has 26 heavy (non-hydrogen) atoms. The SMILES string of the molecule is Cc1ccc(NC(=S)N[C@@H](NC(=O)c2cccc(C)c2)C(Cl)(Cl)Cl)cc1.